The molecule has 4 aliphatic rings. The van der Waals surface area contributed by atoms with E-state index in [0.717, 1.165) is 29.7 Å². The standard InChI is InChI=1S/C35H43N3O6S/c1-20-8-6-11-25(21(20)2)37-33(40)31-35-16-14-27(44-35)29(32(39)36-23-9-7-10-24(19-23)45-5)30(35)34(41)38(31)17-15-22-12-13-26(42-3)28(18-22)43-4/h7,9-10,12-14,16,18-21,25,27,29-31H,6,8,11,15,17H2,1-5H3,(H,36,39)(H,37,40)/t20-,21+,25-,27+,29-,30+,31+,35+/m1/s1. The van der Waals surface area contributed by atoms with Crippen LogP contribution in [0.3, 0.4) is 0 Å². The van der Waals surface area contributed by atoms with Gasteiger partial charge in [-0.25, -0.2) is 0 Å². The summed E-state index contributed by atoms with van der Waals surface area (Å²) in [5.74, 6) is -0.256. The minimum atomic E-state index is -1.21. The van der Waals surface area contributed by atoms with Gasteiger partial charge in [-0.2, -0.15) is 0 Å². The molecule has 1 aliphatic carbocycles. The molecule has 10 heteroatoms. The van der Waals surface area contributed by atoms with Crippen LogP contribution in [0.4, 0.5) is 5.69 Å². The molecule has 0 unspecified atom stereocenters. The van der Waals surface area contributed by atoms with E-state index in [1.807, 2.05) is 60.9 Å². The number of rotatable bonds is 10. The molecule has 2 saturated heterocycles. The molecule has 3 heterocycles. The second-order valence-electron chi connectivity index (χ2n) is 12.8. The maximum absolute atomic E-state index is 14.4. The van der Waals surface area contributed by atoms with Gasteiger partial charge in [0.1, 0.15) is 11.6 Å². The summed E-state index contributed by atoms with van der Waals surface area (Å²) < 4.78 is 17.4. The smallest absolute Gasteiger partial charge is 0.246 e. The minimum Gasteiger partial charge on any atom is -0.493 e. The van der Waals surface area contributed by atoms with E-state index in [1.165, 1.54) is 0 Å². The van der Waals surface area contributed by atoms with Gasteiger partial charge in [0.05, 0.1) is 32.2 Å². The van der Waals surface area contributed by atoms with Crippen LogP contribution in [0.25, 0.3) is 0 Å². The fourth-order valence-corrected chi connectivity index (χ4v) is 8.23. The van der Waals surface area contributed by atoms with Gasteiger partial charge in [0, 0.05) is 23.2 Å². The Bertz CT molecular complexity index is 1500. The van der Waals surface area contributed by atoms with Crippen LogP contribution in [0.5, 0.6) is 11.5 Å². The van der Waals surface area contributed by atoms with Crippen LogP contribution in [0.2, 0.25) is 0 Å². The quantitative estimate of drug-likeness (QED) is 0.289. The number of anilines is 1. The summed E-state index contributed by atoms with van der Waals surface area (Å²) in [6.45, 7) is 4.70. The molecule has 8 atom stereocenters. The molecular formula is C35H43N3O6S. The fraction of sp³-hybridized carbons (Fsp3) is 0.514. The third-order valence-electron chi connectivity index (χ3n) is 10.4. The number of nitrogens with zero attached hydrogens (tertiary/aromatic N) is 1. The molecule has 9 nitrogen and oxygen atoms in total. The molecule has 2 aromatic rings. The van der Waals surface area contributed by atoms with Crippen molar-refractivity contribution in [3.05, 3.63) is 60.2 Å². The summed E-state index contributed by atoms with van der Waals surface area (Å²) in [5, 5.41) is 6.35. The lowest BCUT2D eigenvalue weighted by atomic mass is 9.73. The average Bonchev–Trinajstić information content (AvgIpc) is 3.69. The van der Waals surface area contributed by atoms with Crippen molar-refractivity contribution in [2.24, 2.45) is 23.7 Å². The molecule has 3 amide bonds. The lowest BCUT2D eigenvalue weighted by Gasteiger charge is -2.38. The number of nitrogens with one attached hydrogen (secondary N) is 2. The van der Waals surface area contributed by atoms with Gasteiger partial charge in [0.15, 0.2) is 11.5 Å². The summed E-state index contributed by atoms with van der Waals surface area (Å²) in [5.41, 5.74) is 0.390. The Balaban J connectivity index is 1.30. The van der Waals surface area contributed by atoms with E-state index in [9.17, 15) is 14.4 Å². The molecule has 2 bridgehead atoms. The number of hydrogen-bond acceptors (Lipinski definition) is 7. The lowest BCUT2D eigenvalue weighted by Crippen LogP contribution is -2.58. The second kappa shape index (κ2) is 12.7. The predicted octanol–water partition coefficient (Wildman–Crippen LogP) is 4.70. The van der Waals surface area contributed by atoms with E-state index in [1.54, 1.807) is 30.9 Å². The average molecular weight is 634 g/mol. The maximum Gasteiger partial charge on any atom is 0.246 e. The van der Waals surface area contributed by atoms with Crippen LogP contribution in [0.1, 0.15) is 38.7 Å². The first-order chi connectivity index (χ1) is 21.7. The Hall–Kier alpha value is -3.50. The lowest BCUT2D eigenvalue weighted by molar-refractivity contribution is -0.141. The van der Waals surface area contributed by atoms with Crippen LogP contribution in [0.15, 0.2) is 59.5 Å². The molecule has 3 aliphatic heterocycles. The van der Waals surface area contributed by atoms with Gasteiger partial charge in [0.2, 0.25) is 17.7 Å². The second-order valence-corrected chi connectivity index (χ2v) is 13.7. The summed E-state index contributed by atoms with van der Waals surface area (Å²) in [6.07, 6.45) is 8.70. The summed E-state index contributed by atoms with van der Waals surface area (Å²) in [7, 11) is 3.17. The number of carbonyl (C=O) groups excluding carboxylic acids is 3. The van der Waals surface area contributed by atoms with Crippen LogP contribution in [0, 0.1) is 23.7 Å². The van der Waals surface area contributed by atoms with Crippen molar-refractivity contribution in [2.75, 3.05) is 32.3 Å². The molecule has 240 valence electrons. The zero-order chi connectivity index (χ0) is 31.9. The van der Waals surface area contributed by atoms with E-state index < -0.39 is 29.6 Å². The van der Waals surface area contributed by atoms with Gasteiger partial charge in [-0.1, -0.05) is 51.0 Å². The molecule has 2 aromatic carbocycles. The molecule has 1 saturated carbocycles. The minimum absolute atomic E-state index is 0.0184. The number of carbonyl (C=O) groups is 3. The van der Waals surface area contributed by atoms with Crippen LogP contribution < -0.4 is 20.1 Å². The summed E-state index contributed by atoms with van der Waals surface area (Å²) >= 11 is 1.59. The molecule has 0 aromatic heterocycles. The van der Waals surface area contributed by atoms with Gasteiger partial charge in [-0.3, -0.25) is 14.4 Å². The van der Waals surface area contributed by atoms with Crippen molar-refractivity contribution >= 4 is 35.2 Å². The van der Waals surface area contributed by atoms with E-state index in [4.69, 9.17) is 14.2 Å². The molecule has 1 spiro atoms. The van der Waals surface area contributed by atoms with Gasteiger partial charge < -0.3 is 29.7 Å². The molecule has 0 radical (unpaired) electrons. The fourth-order valence-electron chi connectivity index (χ4n) is 7.77. The number of amides is 3. The normalized spacial score (nSPS) is 31.5. The first-order valence-corrected chi connectivity index (χ1v) is 17.1. The number of benzene rings is 2. The molecule has 6 rings (SSSR count). The van der Waals surface area contributed by atoms with Gasteiger partial charge in [-0.15, -0.1) is 11.8 Å². The number of methoxy groups -OCH3 is 2. The number of thioether (sulfide) groups is 1. The highest BCUT2D eigenvalue weighted by Gasteiger charge is 2.72. The van der Waals surface area contributed by atoms with Crippen LogP contribution in [-0.4, -0.2) is 73.4 Å². The first-order valence-electron chi connectivity index (χ1n) is 15.8. The number of hydrogen-bond donors (Lipinski definition) is 2. The molecular weight excluding hydrogens is 590 g/mol. The monoisotopic (exact) mass is 633 g/mol. The zero-order valence-corrected chi connectivity index (χ0v) is 27.4. The van der Waals surface area contributed by atoms with E-state index in [2.05, 4.69) is 24.5 Å². The highest BCUT2D eigenvalue weighted by atomic mass is 32.2. The summed E-state index contributed by atoms with van der Waals surface area (Å²) in [4.78, 5) is 45.3. The van der Waals surface area contributed by atoms with Gasteiger partial charge in [0.25, 0.3) is 0 Å². The Morgan fingerprint density at radius 1 is 1.07 bits per heavy atom. The SMILES string of the molecule is COc1ccc(CCN2C(=O)[C@@H]3[C@H](C(=O)Nc4cccc(SC)c4)[C@@H]4C=C[C@@]3(O4)[C@@H]2C(=O)N[C@@H]2CCC[C@@H](C)[C@@H]2C)cc1OC. The number of ether oxygens (including phenoxy) is 3. The number of likely N-dealkylation sites (tertiary alicyclic amines) is 1. The Morgan fingerprint density at radius 2 is 1.87 bits per heavy atom. The Labute approximate surface area is 269 Å². The summed E-state index contributed by atoms with van der Waals surface area (Å²) in [6, 6.07) is 12.4. The van der Waals surface area contributed by atoms with Crippen molar-refractivity contribution in [2.45, 2.75) is 68.2 Å². The van der Waals surface area contributed by atoms with E-state index >= 15 is 0 Å². The van der Waals surface area contributed by atoms with Crippen molar-refractivity contribution in [3.63, 3.8) is 0 Å². The topological polar surface area (TPSA) is 106 Å². The zero-order valence-electron chi connectivity index (χ0n) is 26.6. The van der Waals surface area contributed by atoms with Crippen molar-refractivity contribution in [1.29, 1.82) is 0 Å². The Morgan fingerprint density at radius 3 is 2.62 bits per heavy atom. The first kappa shape index (κ1) is 31.5. The third-order valence-corrected chi connectivity index (χ3v) is 11.1. The van der Waals surface area contributed by atoms with E-state index in [0.29, 0.717) is 35.4 Å². The van der Waals surface area contributed by atoms with Crippen LogP contribution >= 0.6 is 11.8 Å². The maximum atomic E-state index is 14.4. The van der Waals surface area contributed by atoms with Gasteiger partial charge >= 0.3 is 0 Å². The van der Waals surface area contributed by atoms with E-state index in [-0.39, 0.29) is 30.3 Å². The van der Waals surface area contributed by atoms with Crippen molar-refractivity contribution in [1.82, 2.24) is 10.2 Å². The molecule has 2 N–H and O–H groups in total. The van der Waals surface area contributed by atoms with Gasteiger partial charge in [-0.05, 0) is 66.8 Å². The highest BCUT2D eigenvalue weighted by Crippen LogP contribution is 2.55. The largest absolute Gasteiger partial charge is 0.493 e. The van der Waals surface area contributed by atoms with Crippen molar-refractivity contribution in [3.8, 4) is 11.5 Å². The highest BCUT2D eigenvalue weighted by molar-refractivity contribution is 7.98. The van der Waals surface area contributed by atoms with Crippen molar-refractivity contribution < 1.29 is 28.6 Å². The predicted molar refractivity (Wildman–Crippen MR) is 173 cm³/mol. The number of fused-ring (bicyclic) bond motifs is 1. The van der Waals surface area contributed by atoms with Crippen LogP contribution in [-0.2, 0) is 25.5 Å². The third kappa shape index (κ3) is 5.60. The molecule has 45 heavy (non-hydrogen) atoms. The Kier molecular flexibility index (Phi) is 8.89. The molecule has 3 fully saturated rings.